The van der Waals surface area contributed by atoms with Crippen molar-refractivity contribution >= 4 is 33.9 Å². The van der Waals surface area contributed by atoms with Gasteiger partial charge in [-0.05, 0) is 52.1 Å². The van der Waals surface area contributed by atoms with Crippen LogP contribution in [0.15, 0.2) is 11.4 Å². The number of nitrogens with one attached hydrogen (secondary N) is 1. The first-order chi connectivity index (χ1) is 6.69. The molecule has 0 aliphatic heterocycles. The molecule has 0 aromatic carbocycles. The van der Waals surface area contributed by atoms with Crippen molar-refractivity contribution in [3.63, 3.8) is 0 Å². The zero-order valence-electron chi connectivity index (χ0n) is 9.01. The lowest BCUT2D eigenvalue weighted by atomic mass is 9.94. The summed E-state index contributed by atoms with van der Waals surface area (Å²) in [7, 11) is 0. The van der Waals surface area contributed by atoms with E-state index in [2.05, 4.69) is 60.1 Å². The van der Waals surface area contributed by atoms with Gasteiger partial charge in [0.2, 0.25) is 0 Å². The second-order valence-electron chi connectivity index (χ2n) is 3.61. The van der Waals surface area contributed by atoms with E-state index in [0.717, 1.165) is 6.54 Å². The van der Waals surface area contributed by atoms with Crippen LogP contribution in [0.1, 0.15) is 38.8 Å². The lowest BCUT2D eigenvalue weighted by Crippen LogP contribution is -2.26. The maximum Gasteiger partial charge on any atom is 0.0656 e. The Kier molecular flexibility index (Phi) is 5.41. The molecule has 0 aliphatic rings. The van der Waals surface area contributed by atoms with Crippen molar-refractivity contribution in [2.45, 2.75) is 33.2 Å². The lowest BCUT2D eigenvalue weighted by molar-refractivity contribution is 0.384. The van der Waals surface area contributed by atoms with Crippen LogP contribution in [0.3, 0.4) is 0 Å². The summed E-state index contributed by atoms with van der Waals surface area (Å²) in [6, 6.07) is 2.83. The third-order valence-corrected chi connectivity index (χ3v) is 4.39. The highest BCUT2D eigenvalue weighted by atomic mass is 127. The molecular formula is C11H18INS. The molecule has 1 heterocycles. The smallest absolute Gasteiger partial charge is 0.0656 e. The molecule has 2 atom stereocenters. The summed E-state index contributed by atoms with van der Waals surface area (Å²) in [5.74, 6) is 0.709. The van der Waals surface area contributed by atoms with E-state index in [4.69, 9.17) is 0 Å². The summed E-state index contributed by atoms with van der Waals surface area (Å²) < 4.78 is 1.38. The van der Waals surface area contributed by atoms with Gasteiger partial charge in [0, 0.05) is 6.04 Å². The molecule has 0 amide bonds. The van der Waals surface area contributed by atoms with E-state index in [9.17, 15) is 0 Å². The first-order valence-electron chi connectivity index (χ1n) is 5.16. The Morgan fingerprint density at radius 1 is 1.50 bits per heavy atom. The van der Waals surface area contributed by atoms with Crippen LogP contribution in [0.5, 0.6) is 0 Å². The van der Waals surface area contributed by atoms with Crippen molar-refractivity contribution in [2.75, 3.05) is 6.54 Å². The van der Waals surface area contributed by atoms with E-state index >= 15 is 0 Å². The van der Waals surface area contributed by atoms with Gasteiger partial charge in [0.05, 0.1) is 2.88 Å². The van der Waals surface area contributed by atoms with E-state index in [1.807, 2.05) is 11.3 Å². The lowest BCUT2D eigenvalue weighted by Gasteiger charge is -2.22. The molecule has 0 saturated carbocycles. The summed E-state index contributed by atoms with van der Waals surface area (Å²) in [5.41, 5.74) is 1.45. The van der Waals surface area contributed by atoms with Crippen LogP contribution in [0.4, 0.5) is 0 Å². The van der Waals surface area contributed by atoms with E-state index in [1.165, 1.54) is 14.9 Å². The molecule has 0 radical (unpaired) electrons. The predicted octanol–water partition coefficient (Wildman–Crippen LogP) is 4.05. The molecule has 0 bridgehead atoms. The number of rotatable bonds is 5. The van der Waals surface area contributed by atoms with E-state index in [0.29, 0.717) is 12.0 Å². The molecule has 0 saturated heterocycles. The molecule has 2 unspecified atom stereocenters. The van der Waals surface area contributed by atoms with Crippen molar-refractivity contribution in [1.29, 1.82) is 0 Å². The molecule has 3 heteroatoms. The number of thiophene rings is 1. The van der Waals surface area contributed by atoms with Gasteiger partial charge >= 0.3 is 0 Å². The standard InChI is InChI=1S/C11H18INS/c1-4-8(3)11(13-5-2)9-6-10(12)14-7-9/h6-8,11,13H,4-5H2,1-3H3. The first-order valence-corrected chi connectivity index (χ1v) is 7.12. The van der Waals surface area contributed by atoms with Crippen molar-refractivity contribution < 1.29 is 0 Å². The maximum atomic E-state index is 3.57. The van der Waals surface area contributed by atoms with E-state index in [1.54, 1.807) is 0 Å². The Hall–Kier alpha value is 0.390. The number of halogens is 1. The minimum atomic E-state index is 0.532. The van der Waals surface area contributed by atoms with Crippen molar-refractivity contribution in [2.24, 2.45) is 5.92 Å². The first kappa shape index (κ1) is 12.5. The molecule has 0 spiro atoms. The molecule has 0 aliphatic carbocycles. The van der Waals surface area contributed by atoms with Crippen LogP contribution in [0, 0.1) is 8.80 Å². The average molecular weight is 323 g/mol. The third-order valence-electron chi connectivity index (χ3n) is 2.58. The Morgan fingerprint density at radius 3 is 2.64 bits per heavy atom. The zero-order chi connectivity index (χ0) is 10.6. The second-order valence-corrected chi connectivity index (χ2v) is 6.41. The van der Waals surface area contributed by atoms with Crippen molar-refractivity contribution in [3.8, 4) is 0 Å². The van der Waals surface area contributed by atoms with Crippen molar-refractivity contribution in [1.82, 2.24) is 5.32 Å². The van der Waals surface area contributed by atoms with Crippen LogP contribution < -0.4 is 5.32 Å². The molecule has 80 valence electrons. The Morgan fingerprint density at radius 2 is 2.21 bits per heavy atom. The van der Waals surface area contributed by atoms with E-state index < -0.39 is 0 Å². The summed E-state index contributed by atoms with van der Waals surface area (Å²) in [6.45, 7) is 7.79. The van der Waals surface area contributed by atoms with E-state index in [-0.39, 0.29) is 0 Å². The van der Waals surface area contributed by atoms with Gasteiger partial charge in [-0.1, -0.05) is 27.2 Å². The summed E-state index contributed by atoms with van der Waals surface area (Å²) in [5, 5.41) is 5.85. The molecule has 0 fully saturated rings. The molecular weight excluding hydrogens is 305 g/mol. The van der Waals surface area contributed by atoms with Gasteiger partial charge in [-0.3, -0.25) is 0 Å². The Bertz CT molecular complexity index is 272. The van der Waals surface area contributed by atoms with Crippen molar-refractivity contribution in [3.05, 3.63) is 19.9 Å². The zero-order valence-corrected chi connectivity index (χ0v) is 12.0. The van der Waals surface area contributed by atoms with Gasteiger partial charge in [-0.25, -0.2) is 0 Å². The molecule has 1 aromatic heterocycles. The second kappa shape index (κ2) is 6.08. The number of hydrogen-bond donors (Lipinski definition) is 1. The largest absolute Gasteiger partial charge is 0.310 e. The summed E-state index contributed by atoms with van der Waals surface area (Å²) in [4.78, 5) is 0. The maximum absolute atomic E-state index is 3.57. The third kappa shape index (κ3) is 3.21. The SMILES string of the molecule is CCNC(c1csc(I)c1)C(C)CC. The highest BCUT2D eigenvalue weighted by Crippen LogP contribution is 2.28. The normalized spacial score (nSPS) is 15.4. The quantitative estimate of drug-likeness (QED) is 0.806. The summed E-state index contributed by atoms with van der Waals surface area (Å²) >= 11 is 4.22. The van der Waals surface area contributed by atoms with Gasteiger partial charge in [-0.15, -0.1) is 11.3 Å². The minimum absolute atomic E-state index is 0.532. The molecule has 1 rings (SSSR count). The fourth-order valence-electron chi connectivity index (χ4n) is 1.59. The minimum Gasteiger partial charge on any atom is -0.310 e. The fraction of sp³-hybridized carbons (Fsp3) is 0.636. The fourth-order valence-corrected chi connectivity index (χ4v) is 3.00. The Balaban J connectivity index is 2.76. The van der Waals surface area contributed by atoms with Crippen LogP contribution in [-0.2, 0) is 0 Å². The molecule has 1 nitrogen and oxygen atoms in total. The van der Waals surface area contributed by atoms with Gasteiger partial charge in [0.15, 0.2) is 0 Å². The van der Waals surface area contributed by atoms with Gasteiger partial charge in [-0.2, -0.15) is 0 Å². The van der Waals surface area contributed by atoms with Gasteiger partial charge < -0.3 is 5.32 Å². The van der Waals surface area contributed by atoms with Crippen LogP contribution in [0.2, 0.25) is 0 Å². The van der Waals surface area contributed by atoms with Crippen LogP contribution in [0.25, 0.3) is 0 Å². The van der Waals surface area contributed by atoms with Crippen LogP contribution in [-0.4, -0.2) is 6.54 Å². The molecule has 1 N–H and O–H groups in total. The molecule has 1 aromatic rings. The topological polar surface area (TPSA) is 12.0 Å². The van der Waals surface area contributed by atoms with Gasteiger partial charge in [0.25, 0.3) is 0 Å². The Labute approximate surface area is 104 Å². The number of hydrogen-bond acceptors (Lipinski definition) is 2. The van der Waals surface area contributed by atoms with Crippen LogP contribution >= 0.6 is 33.9 Å². The summed E-state index contributed by atoms with van der Waals surface area (Å²) in [6.07, 6.45) is 1.23. The predicted molar refractivity (Wildman–Crippen MR) is 72.9 cm³/mol. The highest BCUT2D eigenvalue weighted by Gasteiger charge is 2.17. The van der Waals surface area contributed by atoms with Gasteiger partial charge in [0.1, 0.15) is 0 Å². The molecule has 14 heavy (non-hydrogen) atoms. The monoisotopic (exact) mass is 323 g/mol. The average Bonchev–Trinajstić information content (AvgIpc) is 2.60. The highest BCUT2D eigenvalue weighted by molar-refractivity contribution is 14.1.